The van der Waals surface area contributed by atoms with E-state index in [1.54, 1.807) is 26.0 Å². The molecule has 0 fully saturated rings. The van der Waals surface area contributed by atoms with Gasteiger partial charge in [-0.05, 0) is 49.9 Å². The van der Waals surface area contributed by atoms with E-state index in [0.29, 0.717) is 29.7 Å². The summed E-state index contributed by atoms with van der Waals surface area (Å²) in [4.78, 5) is 0.237. The minimum Gasteiger partial charge on any atom is -0.399 e. The van der Waals surface area contributed by atoms with Gasteiger partial charge >= 0.3 is 0 Å². The summed E-state index contributed by atoms with van der Waals surface area (Å²) in [7, 11) is -3.66. The number of aryl methyl sites for hydroxylation is 2. The Morgan fingerprint density at radius 1 is 1.20 bits per heavy atom. The predicted octanol–water partition coefficient (Wildman–Crippen LogP) is 1.72. The fourth-order valence-electron chi connectivity index (χ4n) is 2.21. The van der Waals surface area contributed by atoms with E-state index in [1.807, 2.05) is 13.8 Å². The Kier molecular flexibility index (Phi) is 5.18. The molecule has 0 amide bonds. The highest BCUT2D eigenvalue weighted by molar-refractivity contribution is 7.89. The number of nitrogens with one attached hydrogen (secondary N) is 1. The highest BCUT2D eigenvalue weighted by Crippen LogP contribution is 2.23. The molecule has 0 aliphatic carbocycles. The molecule has 0 atom stereocenters. The van der Waals surface area contributed by atoms with Crippen molar-refractivity contribution in [2.24, 2.45) is 0 Å². The summed E-state index contributed by atoms with van der Waals surface area (Å²) in [6, 6.07) is 3.26. The largest absolute Gasteiger partial charge is 0.399 e. The van der Waals surface area contributed by atoms with Crippen LogP contribution >= 0.6 is 0 Å². The first-order valence-electron chi connectivity index (χ1n) is 6.74. The van der Waals surface area contributed by atoms with Gasteiger partial charge in [0.05, 0.1) is 10.5 Å². The first-order chi connectivity index (χ1) is 9.15. The van der Waals surface area contributed by atoms with Gasteiger partial charge in [0.15, 0.2) is 0 Å². The monoisotopic (exact) mass is 300 g/mol. The van der Waals surface area contributed by atoms with Crippen LogP contribution in [0.5, 0.6) is 0 Å². The molecule has 1 aromatic carbocycles. The Morgan fingerprint density at radius 2 is 1.65 bits per heavy atom. The molecule has 1 rings (SSSR count). The van der Waals surface area contributed by atoms with Crippen LogP contribution in [-0.4, -0.2) is 25.7 Å². The number of sulfonamides is 1. The van der Waals surface area contributed by atoms with E-state index in [-0.39, 0.29) is 11.4 Å². The quantitative estimate of drug-likeness (QED) is 0.697. The summed E-state index contributed by atoms with van der Waals surface area (Å²) in [5, 5.41) is 10.2. The lowest BCUT2D eigenvalue weighted by Crippen LogP contribution is -2.42. The molecule has 0 bridgehead atoms. The van der Waals surface area contributed by atoms with Crippen molar-refractivity contribution in [1.82, 2.24) is 4.72 Å². The smallest absolute Gasteiger partial charge is 0.241 e. The van der Waals surface area contributed by atoms with Crippen molar-refractivity contribution in [2.45, 2.75) is 51.0 Å². The minimum absolute atomic E-state index is 0.00555. The van der Waals surface area contributed by atoms with E-state index in [9.17, 15) is 13.5 Å². The third-order valence-electron chi connectivity index (χ3n) is 3.66. The number of benzene rings is 1. The van der Waals surface area contributed by atoms with Crippen molar-refractivity contribution >= 4 is 15.7 Å². The average Bonchev–Trinajstić information content (AvgIpc) is 2.34. The Morgan fingerprint density at radius 3 is 2.05 bits per heavy atom. The van der Waals surface area contributed by atoms with Gasteiger partial charge < -0.3 is 10.8 Å². The molecule has 4 N–H and O–H groups in total. The van der Waals surface area contributed by atoms with Crippen LogP contribution in [0.3, 0.4) is 0 Å². The van der Waals surface area contributed by atoms with Gasteiger partial charge in [-0.1, -0.05) is 13.8 Å². The second-order valence-corrected chi connectivity index (χ2v) is 6.94. The average molecular weight is 300 g/mol. The van der Waals surface area contributed by atoms with Crippen LogP contribution in [0.4, 0.5) is 5.69 Å². The molecule has 0 saturated heterocycles. The van der Waals surface area contributed by atoms with E-state index < -0.39 is 15.6 Å². The van der Waals surface area contributed by atoms with E-state index in [2.05, 4.69) is 4.72 Å². The standard InChI is InChI=1S/C14H24N2O3S/c1-5-14(17,6-2)9-16-20(18,19)13-10(3)7-12(15)8-11(13)4/h7-8,16-17H,5-6,9,15H2,1-4H3. The first kappa shape index (κ1) is 16.9. The van der Waals surface area contributed by atoms with Gasteiger partial charge in [-0.15, -0.1) is 0 Å². The summed E-state index contributed by atoms with van der Waals surface area (Å²) in [5.74, 6) is 0. The zero-order valence-electron chi connectivity index (χ0n) is 12.5. The molecule has 1 aromatic rings. The summed E-state index contributed by atoms with van der Waals surface area (Å²) in [6.45, 7) is 7.09. The lowest BCUT2D eigenvalue weighted by atomic mass is 9.98. The number of hydrogen-bond acceptors (Lipinski definition) is 4. The molecule has 0 aliphatic heterocycles. The summed E-state index contributed by atoms with van der Waals surface area (Å²) >= 11 is 0. The first-order valence-corrected chi connectivity index (χ1v) is 8.22. The second-order valence-electron chi connectivity index (χ2n) is 5.24. The fraction of sp³-hybridized carbons (Fsp3) is 0.571. The lowest BCUT2D eigenvalue weighted by Gasteiger charge is -2.25. The maximum Gasteiger partial charge on any atom is 0.241 e. The van der Waals surface area contributed by atoms with Gasteiger partial charge in [0.25, 0.3) is 0 Å². The molecule has 0 aromatic heterocycles. The van der Waals surface area contributed by atoms with Crippen LogP contribution in [0.15, 0.2) is 17.0 Å². The fourth-order valence-corrected chi connectivity index (χ4v) is 3.78. The van der Waals surface area contributed by atoms with E-state index in [0.717, 1.165) is 0 Å². The highest BCUT2D eigenvalue weighted by Gasteiger charge is 2.27. The second kappa shape index (κ2) is 6.11. The highest BCUT2D eigenvalue weighted by atomic mass is 32.2. The predicted molar refractivity (Wildman–Crippen MR) is 81.0 cm³/mol. The zero-order valence-corrected chi connectivity index (χ0v) is 13.3. The van der Waals surface area contributed by atoms with Gasteiger partial charge in [0, 0.05) is 12.2 Å². The van der Waals surface area contributed by atoms with Gasteiger partial charge in [-0.3, -0.25) is 0 Å². The summed E-state index contributed by atoms with van der Waals surface area (Å²) in [6.07, 6.45) is 0.984. The van der Waals surface area contributed by atoms with Gasteiger partial charge in [0.2, 0.25) is 10.0 Å². The van der Waals surface area contributed by atoms with Crippen molar-refractivity contribution in [2.75, 3.05) is 12.3 Å². The molecule has 20 heavy (non-hydrogen) atoms. The maximum atomic E-state index is 12.4. The third kappa shape index (κ3) is 3.71. The molecule has 114 valence electrons. The number of anilines is 1. The van der Waals surface area contributed by atoms with Crippen molar-refractivity contribution in [3.8, 4) is 0 Å². The molecule has 0 heterocycles. The number of aliphatic hydroxyl groups is 1. The van der Waals surface area contributed by atoms with Crippen LogP contribution in [0, 0.1) is 13.8 Å². The Bertz CT molecular complexity index is 555. The third-order valence-corrected chi connectivity index (χ3v) is 5.36. The van der Waals surface area contributed by atoms with Crippen molar-refractivity contribution in [1.29, 1.82) is 0 Å². The Hall–Kier alpha value is -1.11. The van der Waals surface area contributed by atoms with Crippen molar-refractivity contribution in [3.05, 3.63) is 23.3 Å². The van der Waals surface area contributed by atoms with Gasteiger partial charge in [0.1, 0.15) is 0 Å². The number of nitrogen functional groups attached to an aromatic ring is 1. The molecule has 0 saturated carbocycles. The van der Waals surface area contributed by atoms with Crippen LogP contribution in [0.2, 0.25) is 0 Å². The zero-order chi connectivity index (χ0) is 15.6. The summed E-state index contributed by atoms with van der Waals surface area (Å²) < 4.78 is 27.3. The van der Waals surface area contributed by atoms with Crippen LogP contribution in [-0.2, 0) is 10.0 Å². The van der Waals surface area contributed by atoms with Crippen LogP contribution < -0.4 is 10.5 Å². The van der Waals surface area contributed by atoms with E-state index >= 15 is 0 Å². The normalized spacial score (nSPS) is 12.7. The van der Waals surface area contributed by atoms with Crippen LogP contribution in [0.1, 0.15) is 37.8 Å². The molecule has 6 heteroatoms. The van der Waals surface area contributed by atoms with Crippen LogP contribution in [0.25, 0.3) is 0 Å². The number of hydrogen-bond donors (Lipinski definition) is 3. The Balaban J connectivity index is 3.07. The molecular formula is C14H24N2O3S. The maximum absolute atomic E-state index is 12.4. The molecule has 5 nitrogen and oxygen atoms in total. The topological polar surface area (TPSA) is 92.4 Å². The van der Waals surface area contributed by atoms with Gasteiger partial charge in [-0.25, -0.2) is 13.1 Å². The number of rotatable bonds is 6. The lowest BCUT2D eigenvalue weighted by molar-refractivity contribution is 0.0377. The molecular weight excluding hydrogens is 276 g/mol. The van der Waals surface area contributed by atoms with Gasteiger partial charge in [-0.2, -0.15) is 0 Å². The number of nitrogens with two attached hydrogens (primary N) is 1. The molecule has 0 radical (unpaired) electrons. The SMILES string of the molecule is CCC(O)(CC)CNS(=O)(=O)c1c(C)cc(N)cc1C. The Labute approximate surface area is 121 Å². The molecule has 0 unspecified atom stereocenters. The molecule has 0 aliphatic rings. The van der Waals surface area contributed by atoms with E-state index in [4.69, 9.17) is 5.73 Å². The van der Waals surface area contributed by atoms with Crippen molar-refractivity contribution < 1.29 is 13.5 Å². The van der Waals surface area contributed by atoms with E-state index in [1.165, 1.54) is 0 Å². The summed E-state index contributed by atoms with van der Waals surface area (Å²) in [5.41, 5.74) is 6.44. The molecule has 0 spiro atoms. The van der Waals surface area contributed by atoms with Crippen molar-refractivity contribution in [3.63, 3.8) is 0 Å². The minimum atomic E-state index is -3.66.